The van der Waals surface area contributed by atoms with Crippen molar-refractivity contribution in [1.82, 2.24) is 5.01 Å². The highest BCUT2D eigenvalue weighted by atomic mass is 16.5. The minimum Gasteiger partial charge on any atom is -0.497 e. The van der Waals surface area contributed by atoms with Crippen LogP contribution < -0.4 is 10.2 Å². The highest BCUT2D eigenvalue weighted by molar-refractivity contribution is 5.63. The Kier molecular flexibility index (Phi) is 3.60. The average Bonchev–Trinajstić information content (AvgIpc) is 2.88. The van der Waals surface area contributed by atoms with Gasteiger partial charge in [-0.1, -0.05) is 30.3 Å². The number of anilines is 1. The number of ether oxygens (including phenoxy) is 1. The van der Waals surface area contributed by atoms with Crippen LogP contribution in [0, 0.1) is 6.92 Å². The van der Waals surface area contributed by atoms with Crippen molar-refractivity contribution in [3.63, 3.8) is 0 Å². The molecule has 1 aliphatic heterocycles. The van der Waals surface area contributed by atoms with E-state index < -0.39 is 0 Å². The van der Waals surface area contributed by atoms with Crippen LogP contribution >= 0.6 is 0 Å². The molecule has 2 aromatic rings. The van der Waals surface area contributed by atoms with Crippen LogP contribution in [0.2, 0.25) is 0 Å². The Labute approximate surface area is 126 Å². The number of hydrogen-bond acceptors (Lipinski definition) is 3. The van der Waals surface area contributed by atoms with Crippen LogP contribution in [0.1, 0.15) is 36.6 Å². The van der Waals surface area contributed by atoms with E-state index in [0.29, 0.717) is 6.04 Å². The third-order valence-electron chi connectivity index (χ3n) is 4.11. The zero-order valence-electron chi connectivity index (χ0n) is 13.1. The van der Waals surface area contributed by atoms with Crippen molar-refractivity contribution in [1.29, 1.82) is 0 Å². The lowest BCUT2D eigenvalue weighted by atomic mass is 9.96. The molecule has 1 unspecified atom stereocenters. The van der Waals surface area contributed by atoms with E-state index in [1.54, 1.807) is 7.11 Å². The van der Waals surface area contributed by atoms with Gasteiger partial charge in [0.25, 0.3) is 0 Å². The highest BCUT2D eigenvalue weighted by Crippen LogP contribution is 2.42. The number of nitrogens with one attached hydrogen (secondary N) is 1. The molecule has 3 nitrogen and oxygen atoms in total. The molecule has 1 aliphatic rings. The van der Waals surface area contributed by atoms with Gasteiger partial charge in [-0.3, -0.25) is 0 Å². The fraction of sp³-hybridized carbons (Fsp3) is 0.333. The number of aryl methyl sites for hydroxylation is 1. The SMILES string of the molecule is COc1ccc(C2c3cccc(C)c3NN2C(C)C)cc1. The second kappa shape index (κ2) is 5.41. The van der Waals surface area contributed by atoms with Gasteiger partial charge in [0.05, 0.1) is 18.8 Å². The second-order valence-electron chi connectivity index (χ2n) is 5.83. The van der Waals surface area contributed by atoms with Gasteiger partial charge in [-0.2, -0.15) is 0 Å². The first-order chi connectivity index (χ1) is 10.1. The summed E-state index contributed by atoms with van der Waals surface area (Å²) in [6.45, 7) is 6.58. The average molecular weight is 282 g/mol. The second-order valence-corrected chi connectivity index (χ2v) is 5.83. The number of nitrogens with zero attached hydrogens (tertiary/aromatic N) is 1. The number of para-hydroxylation sites is 1. The number of fused-ring (bicyclic) bond motifs is 1. The molecule has 0 aliphatic carbocycles. The summed E-state index contributed by atoms with van der Waals surface area (Å²) >= 11 is 0. The molecule has 0 radical (unpaired) electrons. The Bertz CT molecular complexity index is 634. The van der Waals surface area contributed by atoms with Gasteiger partial charge < -0.3 is 10.2 Å². The maximum Gasteiger partial charge on any atom is 0.118 e. The molecule has 0 aromatic heterocycles. The number of benzene rings is 2. The topological polar surface area (TPSA) is 24.5 Å². The van der Waals surface area contributed by atoms with Crippen molar-refractivity contribution >= 4 is 5.69 Å². The molecule has 1 N–H and O–H groups in total. The van der Waals surface area contributed by atoms with Gasteiger partial charge in [0.15, 0.2) is 0 Å². The number of methoxy groups -OCH3 is 1. The highest BCUT2D eigenvalue weighted by Gasteiger charge is 2.33. The molecule has 0 fully saturated rings. The first kappa shape index (κ1) is 14.0. The van der Waals surface area contributed by atoms with E-state index >= 15 is 0 Å². The summed E-state index contributed by atoms with van der Waals surface area (Å²) in [5.74, 6) is 0.894. The van der Waals surface area contributed by atoms with Gasteiger partial charge in [-0.15, -0.1) is 0 Å². The molecular formula is C18H22N2O. The third-order valence-corrected chi connectivity index (χ3v) is 4.11. The number of hydrogen-bond donors (Lipinski definition) is 1. The summed E-state index contributed by atoms with van der Waals surface area (Å²) in [5, 5.41) is 2.32. The predicted octanol–water partition coefficient (Wildman–Crippen LogP) is 4.14. The van der Waals surface area contributed by atoms with Crippen molar-refractivity contribution in [3.05, 3.63) is 59.2 Å². The lowest BCUT2D eigenvalue weighted by Gasteiger charge is -2.29. The maximum atomic E-state index is 5.27. The van der Waals surface area contributed by atoms with Crippen molar-refractivity contribution in [2.45, 2.75) is 32.9 Å². The van der Waals surface area contributed by atoms with E-state index in [-0.39, 0.29) is 6.04 Å². The van der Waals surface area contributed by atoms with Crippen LogP contribution in [0.25, 0.3) is 0 Å². The Morgan fingerprint density at radius 3 is 2.43 bits per heavy atom. The van der Waals surface area contributed by atoms with Crippen molar-refractivity contribution in [2.24, 2.45) is 0 Å². The van der Waals surface area contributed by atoms with Crippen LogP contribution in [-0.2, 0) is 0 Å². The van der Waals surface area contributed by atoms with Gasteiger partial charge in [0.2, 0.25) is 0 Å². The standard InChI is InChI=1S/C18H22N2O/c1-12(2)20-18(14-8-10-15(21-4)11-9-14)16-7-5-6-13(3)17(16)19-20/h5-12,18-19H,1-4H3. The zero-order valence-corrected chi connectivity index (χ0v) is 13.1. The molecule has 0 bridgehead atoms. The smallest absolute Gasteiger partial charge is 0.118 e. The zero-order chi connectivity index (χ0) is 15.0. The van der Waals surface area contributed by atoms with Gasteiger partial charge >= 0.3 is 0 Å². The van der Waals surface area contributed by atoms with Gasteiger partial charge in [0, 0.05) is 11.6 Å². The van der Waals surface area contributed by atoms with Crippen molar-refractivity contribution in [2.75, 3.05) is 12.5 Å². The largest absolute Gasteiger partial charge is 0.497 e. The number of rotatable bonds is 3. The minimum atomic E-state index is 0.241. The van der Waals surface area contributed by atoms with E-state index in [0.717, 1.165) is 5.75 Å². The van der Waals surface area contributed by atoms with E-state index in [9.17, 15) is 0 Å². The van der Waals surface area contributed by atoms with Crippen LogP contribution in [0.15, 0.2) is 42.5 Å². The first-order valence-electron chi connectivity index (χ1n) is 7.40. The fourth-order valence-electron chi connectivity index (χ4n) is 2.97. The lowest BCUT2D eigenvalue weighted by molar-refractivity contribution is 0.240. The van der Waals surface area contributed by atoms with Crippen molar-refractivity contribution < 1.29 is 4.74 Å². The van der Waals surface area contributed by atoms with E-state index in [4.69, 9.17) is 4.74 Å². The summed E-state index contributed by atoms with van der Waals surface area (Å²) in [7, 11) is 1.70. The molecule has 2 aromatic carbocycles. The third kappa shape index (κ3) is 2.38. The van der Waals surface area contributed by atoms with Gasteiger partial charge in [-0.25, -0.2) is 5.01 Å². The Morgan fingerprint density at radius 2 is 1.81 bits per heavy atom. The van der Waals surface area contributed by atoms with E-state index in [1.165, 1.54) is 22.4 Å². The summed E-state index contributed by atoms with van der Waals surface area (Å²) in [4.78, 5) is 0. The summed E-state index contributed by atoms with van der Waals surface area (Å²) in [5.41, 5.74) is 8.73. The molecule has 0 spiro atoms. The molecule has 3 rings (SSSR count). The van der Waals surface area contributed by atoms with Crippen LogP contribution in [0.4, 0.5) is 5.69 Å². The number of hydrazine groups is 1. The molecule has 1 heterocycles. The fourth-order valence-corrected chi connectivity index (χ4v) is 2.97. The van der Waals surface area contributed by atoms with E-state index in [2.05, 4.69) is 61.5 Å². The Hall–Kier alpha value is -2.00. The molecule has 1 atom stereocenters. The Balaban J connectivity index is 2.07. The van der Waals surface area contributed by atoms with Crippen LogP contribution in [0.3, 0.4) is 0 Å². The first-order valence-corrected chi connectivity index (χ1v) is 7.40. The van der Waals surface area contributed by atoms with Crippen LogP contribution in [0.5, 0.6) is 5.75 Å². The molecule has 0 saturated carbocycles. The minimum absolute atomic E-state index is 0.241. The molecule has 21 heavy (non-hydrogen) atoms. The summed E-state index contributed by atoms with van der Waals surface area (Å²) in [6, 6.07) is 15.5. The molecule has 0 saturated heterocycles. The normalized spacial score (nSPS) is 17.7. The van der Waals surface area contributed by atoms with Gasteiger partial charge in [0.1, 0.15) is 5.75 Å². The Morgan fingerprint density at radius 1 is 1.10 bits per heavy atom. The molecule has 3 heteroatoms. The summed E-state index contributed by atoms with van der Waals surface area (Å²) < 4.78 is 5.27. The quantitative estimate of drug-likeness (QED) is 0.915. The molecule has 0 amide bonds. The predicted molar refractivity (Wildman–Crippen MR) is 86.6 cm³/mol. The lowest BCUT2D eigenvalue weighted by Crippen LogP contribution is -2.35. The monoisotopic (exact) mass is 282 g/mol. The van der Waals surface area contributed by atoms with Gasteiger partial charge in [-0.05, 0) is 44.0 Å². The molecule has 110 valence electrons. The van der Waals surface area contributed by atoms with Crippen molar-refractivity contribution in [3.8, 4) is 5.75 Å². The van der Waals surface area contributed by atoms with Crippen LogP contribution in [-0.4, -0.2) is 18.2 Å². The summed E-state index contributed by atoms with van der Waals surface area (Å²) in [6.07, 6.45) is 0. The van der Waals surface area contributed by atoms with E-state index in [1.807, 2.05) is 12.1 Å². The molecular weight excluding hydrogens is 260 g/mol. The maximum absolute atomic E-state index is 5.27.